The van der Waals surface area contributed by atoms with Crippen LogP contribution in [0.2, 0.25) is 0 Å². The van der Waals surface area contributed by atoms with Crippen LogP contribution in [-0.2, 0) is 38.1 Å². The van der Waals surface area contributed by atoms with Crippen molar-refractivity contribution in [2.45, 2.75) is 98.6 Å². The summed E-state index contributed by atoms with van der Waals surface area (Å²) in [5.41, 5.74) is 1.86. The molecule has 0 fully saturated rings. The normalized spacial score (nSPS) is 32.9. The van der Waals surface area contributed by atoms with Gasteiger partial charge in [-0.25, -0.2) is 4.79 Å². The Kier molecular flexibility index (Phi) is 7.92. The van der Waals surface area contributed by atoms with Crippen LogP contribution in [0.25, 0.3) is 0 Å². The van der Waals surface area contributed by atoms with Crippen LogP contribution >= 0.6 is 0 Å². The molecule has 1 aliphatic heterocycles. The molecule has 3 aliphatic rings. The second-order valence-electron chi connectivity index (χ2n) is 9.95. The van der Waals surface area contributed by atoms with Gasteiger partial charge in [-0.1, -0.05) is 31.1 Å². The quantitative estimate of drug-likeness (QED) is 0.331. The second kappa shape index (κ2) is 10.4. The van der Waals surface area contributed by atoms with E-state index in [4.69, 9.17) is 18.9 Å². The first-order valence-corrected chi connectivity index (χ1v) is 12.2. The molecule has 8 nitrogen and oxygen atoms in total. The second-order valence-corrected chi connectivity index (χ2v) is 9.95. The average molecular weight is 489 g/mol. The number of ether oxygens (including phenoxy) is 4. The summed E-state index contributed by atoms with van der Waals surface area (Å²) < 4.78 is 23.5. The fourth-order valence-corrected chi connectivity index (χ4v) is 5.74. The van der Waals surface area contributed by atoms with Gasteiger partial charge in [0.1, 0.15) is 24.4 Å². The summed E-state index contributed by atoms with van der Waals surface area (Å²) in [6.07, 6.45) is 2.68. The molecule has 0 saturated carbocycles. The summed E-state index contributed by atoms with van der Waals surface area (Å²) in [4.78, 5) is 49.7. The van der Waals surface area contributed by atoms with Gasteiger partial charge >= 0.3 is 23.9 Å². The smallest absolute Gasteiger partial charge is 0.334 e. The molecule has 0 amide bonds. The van der Waals surface area contributed by atoms with E-state index in [0.717, 1.165) is 11.1 Å². The lowest BCUT2D eigenvalue weighted by Crippen LogP contribution is -2.58. The average Bonchev–Trinajstić information content (AvgIpc) is 3.03. The molecular weight excluding hydrogens is 452 g/mol. The molecule has 1 heterocycles. The molecule has 0 aromatic heterocycles. The highest BCUT2D eigenvalue weighted by Gasteiger charge is 2.58. The van der Waals surface area contributed by atoms with Crippen molar-refractivity contribution in [3.05, 3.63) is 34.4 Å². The Hall–Kier alpha value is -2.90. The Morgan fingerprint density at radius 3 is 2.31 bits per heavy atom. The van der Waals surface area contributed by atoms with Crippen LogP contribution in [0.5, 0.6) is 0 Å². The van der Waals surface area contributed by atoms with Crippen molar-refractivity contribution in [1.82, 2.24) is 0 Å². The van der Waals surface area contributed by atoms with Crippen LogP contribution in [0.1, 0.15) is 74.1 Å². The zero-order valence-corrected chi connectivity index (χ0v) is 21.6. The van der Waals surface area contributed by atoms with Crippen molar-refractivity contribution in [2.75, 3.05) is 0 Å². The maximum absolute atomic E-state index is 12.7. The Labute approximate surface area is 206 Å². The van der Waals surface area contributed by atoms with E-state index in [1.165, 1.54) is 13.8 Å². The molecule has 192 valence electrons. The summed E-state index contributed by atoms with van der Waals surface area (Å²) in [6, 6.07) is 0. The SMILES string of the molecule is CCC(=O)OC1CCC(C)=CC2OC(=O)C(C)=C2C(OC(C)=O)C2C(C)=CCC(OC(C)=O)C12C. The van der Waals surface area contributed by atoms with E-state index in [1.54, 1.807) is 13.8 Å². The third-order valence-electron chi connectivity index (χ3n) is 7.49. The lowest BCUT2D eigenvalue weighted by Gasteiger charge is -2.52. The molecule has 0 saturated heterocycles. The van der Waals surface area contributed by atoms with Gasteiger partial charge in [-0.3, -0.25) is 14.4 Å². The first kappa shape index (κ1) is 26.7. The number of carbonyl (C=O) groups excluding carboxylic acids is 4. The Morgan fingerprint density at radius 2 is 1.71 bits per heavy atom. The van der Waals surface area contributed by atoms with Gasteiger partial charge in [0.2, 0.25) is 0 Å². The van der Waals surface area contributed by atoms with Gasteiger partial charge < -0.3 is 18.9 Å². The number of carbonyl (C=O) groups is 4. The topological polar surface area (TPSA) is 105 Å². The number of allylic oxidation sites excluding steroid dienone is 1. The Bertz CT molecular complexity index is 1000. The van der Waals surface area contributed by atoms with Gasteiger partial charge in [-0.05, 0) is 39.7 Å². The minimum Gasteiger partial charge on any atom is -0.462 e. The Balaban J connectivity index is 2.32. The molecule has 0 bridgehead atoms. The van der Waals surface area contributed by atoms with Crippen molar-refractivity contribution in [3.8, 4) is 0 Å². The van der Waals surface area contributed by atoms with Crippen LogP contribution in [0.4, 0.5) is 0 Å². The van der Waals surface area contributed by atoms with E-state index in [-0.39, 0.29) is 12.4 Å². The highest BCUT2D eigenvalue weighted by atomic mass is 16.6. The molecule has 0 spiro atoms. The van der Waals surface area contributed by atoms with Crippen LogP contribution in [-0.4, -0.2) is 48.3 Å². The minimum absolute atomic E-state index is 0.196. The molecule has 0 radical (unpaired) electrons. The molecule has 3 rings (SSSR count). The van der Waals surface area contributed by atoms with Gasteiger partial charge in [-0.15, -0.1) is 0 Å². The minimum atomic E-state index is -0.948. The molecule has 6 atom stereocenters. The van der Waals surface area contributed by atoms with E-state index < -0.39 is 53.7 Å². The standard InChI is InChI=1S/C27H36O8/c1-8-22(30)35-21-11-9-14(2)13-19-23(16(4)26(31)34-19)25(33-18(6)29)24-15(3)10-12-20(27(21,24)7)32-17(5)28/h10,13,19-21,24-25H,8-9,11-12H2,1-7H3. The van der Waals surface area contributed by atoms with Crippen molar-refractivity contribution in [2.24, 2.45) is 11.3 Å². The monoisotopic (exact) mass is 488 g/mol. The molecule has 8 heteroatoms. The maximum Gasteiger partial charge on any atom is 0.334 e. The van der Waals surface area contributed by atoms with Gasteiger partial charge in [0.05, 0.1) is 5.41 Å². The van der Waals surface area contributed by atoms with Crippen molar-refractivity contribution in [1.29, 1.82) is 0 Å². The Morgan fingerprint density at radius 1 is 1.06 bits per heavy atom. The highest BCUT2D eigenvalue weighted by Crippen LogP contribution is 2.53. The summed E-state index contributed by atoms with van der Waals surface area (Å²) in [5, 5.41) is 0. The summed E-state index contributed by atoms with van der Waals surface area (Å²) in [6.45, 7) is 11.8. The fraction of sp³-hybridized carbons (Fsp3) is 0.630. The lowest BCUT2D eigenvalue weighted by molar-refractivity contribution is -0.189. The molecular formula is C27H36O8. The van der Waals surface area contributed by atoms with E-state index in [9.17, 15) is 19.2 Å². The van der Waals surface area contributed by atoms with Gasteiger partial charge in [0, 0.05) is 43.8 Å². The molecule has 0 aromatic carbocycles. The number of esters is 4. The first-order chi connectivity index (χ1) is 16.4. The zero-order valence-electron chi connectivity index (χ0n) is 21.6. The lowest BCUT2D eigenvalue weighted by atomic mass is 9.58. The molecule has 35 heavy (non-hydrogen) atoms. The largest absolute Gasteiger partial charge is 0.462 e. The van der Waals surface area contributed by atoms with Gasteiger partial charge in [-0.2, -0.15) is 0 Å². The third-order valence-corrected chi connectivity index (χ3v) is 7.49. The fourth-order valence-electron chi connectivity index (χ4n) is 5.74. The van der Waals surface area contributed by atoms with Gasteiger partial charge in [0.15, 0.2) is 0 Å². The first-order valence-electron chi connectivity index (χ1n) is 12.2. The van der Waals surface area contributed by atoms with Gasteiger partial charge in [0.25, 0.3) is 0 Å². The molecule has 2 aliphatic carbocycles. The number of rotatable bonds is 4. The maximum atomic E-state index is 12.7. The number of hydrogen-bond donors (Lipinski definition) is 0. The predicted molar refractivity (Wildman–Crippen MR) is 127 cm³/mol. The third kappa shape index (κ3) is 5.21. The summed E-state index contributed by atoms with van der Waals surface area (Å²) in [5.74, 6) is -2.33. The van der Waals surface area contributed by atoms with E-state index >= 15 is 0 Å². The van der Waals surface area contributed by atoms with Crippen molar-refractivity contribution >= 4 is 23.9 Å². The van der Waals surface area contributed by atoms with Crippen LogP contribution in [0.3, 0.4) is 0 Å². The van der Waals surface area contributed by atoms with E-state index in [2.05, 4.69) is 0 Å². The van der Waals surface area contributed by atoms with E-state index in [1.807, 2.05) is 32.9 Å². The highest BCUT2D eigenvalue weighted by molar-refractivity contribution is 5.92. The van der Waals surface area contributed by atoms with Crippen molar-refractivity contribution < 1.29 is 38.1 Å². The summed E-state index contributed by atoms with van der Waals surface area (Å²) >= 11 is 0. The van der Waals surface area contributed by atoms with Crippen LogP contribution in [0, 0.1) is 11.3 Å². The zero-order chi connectivity index (χ0) is 26.1. The molecule has 0 aromatic rings. The van der Waals surface area contributed by atoms with E-state index in [0.29, 0.717) is 30.4 Å². The number of fused-ring (bicyclic) bond motifs is 2. The summed E-state index contributed by atoms with van der Waals surface area (Å²) in [7, 11) is 0. The van der Waals surface area contributed by atoms with Crippen LogP contribution in [0.15, 0.2) is 34.4 Å². The van der Waals surface area contributed by atoms with Crippen molar-refractivity contribution in [3.63, 3.8) is 0 Å². The predicted octanol–water partition coefficient (Wildman–Crippen LogP) is 4.13. The molecule has 6 unspecified atom stereocenters. The van der Waals surface area contributed by atoms with Crippen LogP contribution < -0.4 is 0 Å². The molecule has 0 N–H and O–H groups in total. The number of hydrogen-bond acceptors (Lipinski definition) is 8.